The first kappa shape index (κ1) is 24.2. The number of ether oxygens (including phenoxy) is 2. The van der Waals surface area contributed by atoms with E-state index in [0.717, 1.165) is 12.7 Å². The van der Waals surface area contributed by atoms with Crippen LogP contribution < -0.4 is 4.74 Å². The standard InChI is InChI=1S/C27H25ClF2O4/c1-33-26(32)27(30,16-19-15-22(19)18-8-10-20(28)11-9-18)25(31)14-17-7-12-23(29)24(13-17)34-21-5-3-2-4-6-21/h2-13,19,22,25,31H,14-16H2,1H3. The fourth-order valence-corrected chi connectivity index (χ4v) is 4.38. The van der Waals surface area contributed by atoms with Crippen LogP contribution in [-0.2, 0) is 16.0 Å². The molecule has 4 nitrogen and oxygen atoms in total. The number of benzene rings is 3. The van der Waals surface area contributed by atoms with Crippen molar-refractivity contribution in [1.29, 1.82) is 0 Å². The summed E-state index contributed by atoms with van der Waals surface area (Å²) in [5.74, 6) is -1.36. The quantitative estimate of drug-likeness (QED) is 0.363. The van der Waals surface area contributed by atoms with Gasteiger partial charge in [-0.15, -0.1) is 0 Å². The predicted molar refractivity (Wildman–Crippen MR) is 125 cm³/mol. The molecule has 1 aliphatic carbocycles. The van der Waals surface area contributed by atoms with Gasteiger partial charge in [0.1, 0.15) is 11.9 Å². The number of hydrogen-bond acceptors (Lipinski definition) is 4. The molecule has 0 radical (unpaired) electrons. The maximum absolute atomic E-state index is 16.0. The highest BCUT2D eigenvalue weighted by Crippen LogP contribution is 2.53. The summed E-state index contributed by atoms with van der Waals surface area (Å²) in [6.07, 6.45) is -1.37. The number of carbonyl (C=O) groups excluding carboxylic acids is 1. The monoisotopic (exact) mass is 486 g/mol. The van der Waals surface area contributed by atoms with Gasteiger partial charge in [-0.2, -0.15) is 0 Å². The van der Waals surface area contributed by atoms with Crippen LogP contribution in [0.1, 0.15) is 29.9 Å². The smallest absolute Gasteiger partial charge is 0.346 e. The number of halogens is 3. The zero-order valence-electron chi connectivity index (χ0n) is 18.6. The molecule has 0 bridgehead atoms. The van der Waals surface area contributed by atoms with E-state index in [1.54, 1.807) is 42.5 Å². The van der Waals surface area contributed by atoms with Crippen molar-refractivity contribution in [2.75, 3.05) is 7.11 Å². The van der Waals surface area contributed by atoms with Crippen LogP contribution >= 0.6 is 11.6 Å². The summed E-state index contributed by atoms with van der Waals surface area (Å²) in [7, 11) is 1.09. The molecule has 4 rings (SSSR count). The summed E-state index contributed by atoms with van der Waals surface area (Å²) in [6, 6.07) is 20.0. The lowest BCUT2D eigenvalue weighted by Crippen LogP contribution is -2.48. The van der Waals surface area contributed by atoms with Crippen molar-refractivity contribution >= 4 is 17.6 Å². The van der Waals surface area contributed by atoms with Crippen molar-refractivity contribution in [1.82, 2.24) is 0 Å². The first-order chi connectivity index (χ1) is 16.3. The van der Waals surface area contributed by atoms with Gasteiger partial charge in [-0.1, -0.05) is 48.0 Å². The Morgan fingerprint density at radius 1 is 1.15 bits per heavy atom. The Hall–Kier alpha value is -2.96. The van der Waals surface area contributed by atoms with Gasteiger partial charge in [-0.25, -0.2) is 13.6 Å². The fraction of sp³-hybridized carbons (Fsp3) is 0.296. The molecule has 178 valence electrons. The van der Waals surface area contributed by atoms with Crippen LogP contribution in [0.3, 0.4) is 0 Å². The molecule has 1 fully saturated rings. The molecule has 3 aromatic rings. The summed E-state index contributed by atoms with van der Waals surface area (Å²) in [6.45, 7) is 0. The third-order valence-corrected chi connectivity index (χ3v) is 6.48. The molecule has 1 saturated carbocycles. The van der Waals surface area contributed by atoms with E-state index >= 15 is 4.39 Å². The van der Waals surface area contributed by atoms with E-state index in [4.69, 9.17) is 21.1 Å². The predicted octanol–water partition coefficient (Wildman–Crippen LogP) is 6.25. The van der Waals surface area contributed by atoms with Crippen molar-refractivity contribution in [3.05, 3.63) is 94.8 Å². The van der Waals surface area contributed by atoms with E-state index in [2.05, 4.69) is 0 Å². The van der Waals surface area contributed by atoms with E-state index in [1.165, 1.54) is 18.2 Å². The molecule has 1 aliphatic rings. The number of methoxy groups -OCH3 is 1. The number of para-hydroxylation sites is 1. The fourth-order valence-electron chi connectivity index (χ4n) is 4.25. The van der Waals surface area contributed by atoms with Gasteiger partial charge >= 0.3 is 5.97 Å². The van der Waals surface area contributed by atoms with Gasteiger partial charge in [0.25, 0.3) is 0 Å². The number of alkyl halides is 1. The summed E-state index contributed by atoms with van der Waals surface area (Å²) in [4.78, 5) is 12.4. The Morgan fingerprint density at radius 2 is 1.85 bits per heavy atom. The third kappa shape index (κ3) is 5.40. The minimum atomic E-state index is -2.60. The summed E-state index contributed by atoms with van der Waals surface area (Å²) < 4.78 is 40.5. The maximum atomic E-state index is 16.0. The van der Waals surface area contributed by atoms with Crippen LogP contribution in [0.2, 0.25) is 5.02 Å². The van der Waals surface area contributed by atoms with Crippen LogP contribution in [0.25, 0.3) is 0 Å². The molecule has 0 saturated heterocycles. The van der Waals surface area contributed by atoms with Crippen LogP contribution in [0, 0.1) is 11.7 Å². The van der Waals surface area contributed by atoms with Gasteiger partial charge in [0.05, 0.1) is 7.11 Å². The number of aliphatic hydroxyl groups excluding tert-OH is 1. The van der Waals surface area contributed by atoms with Gasteiger partial charge < -0.3 is 14.6 Å². The Kier molecular flexibility index (Phi) is 7.19. The highest BCUT2D eigenvalue weighted by molar-refractivity contribution is 6.30. The van der Waals surface area contributed by atoms with Crippen molar-refractivity contribution < 1.29 is 28.2 Å². The van der Waals surface area contributed by atoms with Crippen LogP contribution in [0.5, 0.6) is 11.5 Å². The molecule has 4 unspecified atom stereocenters. The molecule has 0 aromatic heterocycles. The van der Waals surface area contributed by atoms with Crippen LogP contribution in [0.4, 0.5) is 8.78 Å². The largest absolute Gasteiger partial charge is 0.467 e. The number of aliphatic hydroxyl groups is 1. The molecule has 7 heteroatoms. The first-order valence-corrected chi connectivity index (χ1v) is 11.4. The van der Waals surface area contributed by atoms with Crippen molar-refractivity contribution in [3.63, 3.8) is 0 Å². The second-order valence-electron chi connectivity index (χ2n) is 8.61. The van der Waals surface area contributed by atoms with E-state index < -0.39 is 23.6 Å². The van der Waals surface area contributed by atoms with Gasteiger partial charge in [0, 0.05) is 11.4 Å². The second kappa shape index (κ2) is 10.1. The number of rotatable bonds is 9. The Morgan fingerprint density at radius 3 is 2.53 bits per heavy atom. The highest BCUT2D eigenvalue weighted by atomic mass is 35.5. The molecule has 0 heterocycles. The third-order valence-electron chi connectivity index (χ3n) is 6.23. The van der Waals surface area contributed by atoms with E-state index in [0.29, 0.717) is 22.8 Å². The Labute approximate surface area is 202 Å². The highest BCUT2D eigenvalue weighted by Gasteiger charge is 2.53. The molecule has 1 N–H and O–H groups in total. The molecule has 0 aliphatic heterocycles. The minimum Gasteiger partial charge on any atom is -0.467 e. The van der Waals surface area contributed by atoms with Crippen molar-refractivity contribution in [3.8, 4) is 11.5 Å². The molecular formula is C27H25ClF2O4. The average molecular weight is 487 g/mol. The van der Waals surface area contributed by atoms with Gasteiger partial charge in [-0.3, -0.25) is 0 Å². The lowest BCUT2D eigenvalue weighted by Gasteiger charge is -2.28. The van der Waals surface area contributed by atoms with E-state index in [1.807, 2.05) is 12.1 Å². The summed E-state index contributed by atoms with van der Waals surface area (Å²) >= 11 is 5.94. The van der Waals surface area contributed by atoms with Crippen LogP contribution in [0.15, 0.2) is 72.8 Å². The number of carbonyl (C=O) groups is 1. The zero-order chi connectivity index (χ0) is 24.3. The molecule has 4 atom stereocenters. The topological polar surface area (TPSA) is 55.8 Å². The number of hydrogen-bond donors (Lipinski definition) is 1. The van der Waals surface area contributed by atoms with E-state index in [9.17, 15) is 14.3 Å². The molecule has 3 aromatic carbocycles. The van der Waals surface area contributed by atoms with E-state index in [-0.39, 0.29) is 30.4 Å². The zero-order valence-corrected chi connectivity index (χ0v) is 19.3. The summed E-state index contributed by atoms with van der Waals surface area (Å²) in [5.41, 5.74) is -1.16. The lowest BCUT2D eigenvalue weighted by atomic mass is 9.87. The Balaban J connectivity index is 1.48. The minimum absolute atomic E-state index is 0.0524. The lowest BCUT2D eigenvalue weighted by molar-refractivity contribution is -0.164. The Bertz CT molecular complexity index is 1140. The molecule has 34 heavy (non-hydrogen) atoms. The number of esters is 1. The summed E-state index contributed by atoms with van der Waals surface area (Å²) in [5, 5.41) is 11.4. The SMILES string of the molecule is COC(=O)C(F)(CC1CC1c1ccc(Cl)cc1)C(O)Cc1ccc(F)c(Oc2ccccc2)c1. The molecular weight excluding hydrogens is 462 g/mol. The van der Waals surface area contributed by atoms with Gasteiger partial charge in [-0.05, 0) is 72.2 Å². The average Bonchev–Trinajstić information content (AvgIpc) is 3.60. The maximum Gasteiger partial charge on any atom is 0.346 e. The molecule has 0 amide bonds. The first-order valence-electron chi connectivity index (χ1n) is 11.0. The van der Waals surface area contributed by atoms with Gasteiger partial charge in [0.15, 0.2) is 11.6 Å². The van der Waals surface area contributed by atoms with Gasteiger partial charge in [0.2, 0.25) is 5.67 Å². The van der Waals surface area contributed by atoms with Crippen molar-refractivity contribution in [2.24, 2.45) is 5.92 Å². The normalized spacial score (nSPS) is 19.7. The van der Waals surface area contributed by atoms with Crippen LogP contribution in [-0.4, -0.2) is 30.0 Å². The van der Waals surface area contributed by atoms with Crippen molar-refractivity contribution in [2.45, 2.75) is 37.0 Å². The molecule has 0 spiro atoms. The second-order valence-corrected chi connectivity index (χ2v) is 9.05.